The van der Waals surface area contributed by atoms with E-state index in [1.165, 1.54) is 23.1 Å². The Morgan fingerprint density at radius 3 is 2.96 bits per heavy atom. The largest absolute Gasteiger partial charge is 0.454 e. The van der Waals surface area contributed by atoms with Crippen LogP contribution in [0.25, 0.3) is 6.08 Å². The summed E-state index contributed by atoms with van der Waals surface area (Å²) in [5.41, 5.74) is 0.858. The van der Waals surface area contributed by atoms with Gasteiger partial charge in [0.05, 0.1) is 4.91 Å². The number of nitrogens with zero attached hydrogens (tertiary/aromatic N) is 4. The number of carbonyl (C=O) groups is 1. The van der Waals surface area contributed by atoms with Gasteiger partial charge in [0.25, 0.3) is 5.91 Å². The molecule has 7 nitrogen and oxygen atoms in total. The van der Waals surface area contributed by atoms with E-state index in [0.29, 0.717) is 33.2 Å². The number of rotatable bonds is 4. The first-order chi connectivity index (χ1) is 12.6. The zero-order valence-electron chi connectivity index (χ0n) is 13.8. The Labute approximate surface area is 158 Å². The first-order valence-corrected chi connectivity index (χ1v) is 9.38. The molecule has 0 bridgehead atoms. The van der Waals surface area contributed by atoms with E-state index in [-0.39, 0.29) is 12.7 Å². The third-order valence-corrected chi connectivity index (χ3v) is 5.34. The molecule has 0 unspecified atom stereocenters. The number of carbonyl (C=O) groups excluding carboxylic acids is 1. The molecule has 1 amide bonds. The number of hydrogen-bond acceptors (Lipinski definition) is 8. The minimum Gasteiger partial charge on any atom is -0.454 e. The molecule has 1 aromatic carbocycles. The minimum atomic E-state index is -0.118. The number of amides is 1. The molecule has 1 fully saturated rings. The van der Waals surface area contributed by atoms with Crippen LogP contribution in [-0.4, -0.2) is 39.5 Å². The van der Waals surface area contributed by atoms with E-state index >= 15 is 0 Å². The van der Waals surface area contributed by atoms with Crippen molar-refractivity contribution < 1.29 is 14.3 Å². The van der Waals surface area contributed by atoms with Crippen LogP contribution < -0.4 is 9.47 Å². The number of benzene rings is 1. The highest BCUT2D eigenvalue weighted by Gasteiger charge is 2.33. The molecule has 132 valence electrons. The zero-order chi connectivity index (χ0) is 18.1. The molecule has 1 aromatic heterocycles. The first-order valence-electron chi connectivity index (χ1n) is 7.75. The average molecular weight is 386 g/mol. The van der Waals surface area contributed by atoms with Gasteiger partial charge in [0.2, 0.25) is 11.9 Å². The Hall–Kier alpha value is -2.65. The summed E-state index contributed by atoms with van der Waals surface area (Å²) in [5.74, 6) is 1.27. The SMILES string of the molecule is C=CCN1C(=O)C(=Cc2ccc3c(c2)OCO3)SC1=Nc1nnc(C)s1. The summed E-state index contributed by atoms with van der Waals surface area (Å²) in [5, 5.41) is 9.87. The molecule has 4 rings (SSSR count). The fourth-order valence-corrected chi connectivity index (χ4v) is 4.06. The smallest absolute Gasteiger partial charge is 0.267 e. The Morgan fingerprint density at radius 2 is 2.19 bits per heavy atom. The van der Waals surface area contributed by atoms with Crippen molar-refractivity contribution in [3.63, 3.8) is 0 Å². The zero-order valence-corrected chi connectivity index (χ0v) is 15.5. The van der Waals surface area contributed by atoms with Crippen molar-refractivity contribution >= 4 is 45.4 Å². The summed E-state index contributed by atoms with van der Waals surface area (Å²) in [4.78, 5) is 19.4. The predicted molar refractivity (Wildman–Crippen MR) is 102 cm³/mol. The maximum absolute atomic E-state index is 12.8. The lowest BCUT2D eigenvalue weighted by Crippen LogP contribution is -2.29. The van der Waals surface area contributed by atoms with Crippen LogP contribution in [0.4, 0.5) is 5.13 Å². The van der Waals surface area contributed by atoms with Crippen molar-refractivity contribution in [1.29, 1.82) is 0 Å². The normalized spacial score (nSPS) is 19.0. The van der Waals surface area contributed by atoms with Crippen molar-refractivity contribution in [1.82, 2.24) is 15.1 Å². The number of amidine groups is 1. The number of fused-ring (bicyclic) bond motifs is 1. The number of ether oxygens (including phenoxy) is 2. The van der Waals surface area contributed by atoms with Crippen molar-refractivity contribution in [2.24, 2.45) is 4.99 Å². The molecule has 2 aliphatic rings. The lowest BCUT2D eigenvalue weighted by atomic mass is 10.2. The maximum atomic E-state index is 12.8. The number of aliphatic imine (C=N–C) groups is 1. The Morgan fingerprint density at radius 1 is 1.35 bits per heavy atom. The third kappa shape index (κ3) is 3.23. The van der Waals surface area contributed by atoms with Crippen LogP contribution in [0.1, 0.15) is 10.6 Å². The molecule has 0 atom stereocenters. The standard InChI is InChI=1S/C17H14N4O3S2/c1-3-6-21-15(22)14(26-17(21)18-16-20-19-10(2)25-16)8-11-4-5-12-13(7-11)24-9-23-12/h3-5,7-8H,1,6,9H2,2H3. The van der Waals surface area contributed by atoms with Crippen LogP contribution >= 0.6 is 23.1 Å². The van der Waals surface area contributed by atoms with Crippen LogP contribution in [0.5, 0.6) is 11.5 Å². The van der Waals surface area contributed by atoms with Crippen LogP contribution in [0, 0.1) is 6.92 Å². The van der Waals surface area contributed by atoms with Crippen molar-refractivity contribution in [2.75, 3.05) is 13.3 Å². The van der Waals surface area contributed by atoms with E-state index in [4.69, 9.17) is 9.47 Å². The molecular formula is C17H14N4O3S2. The van der Waals surface area contributed by atoms with E-state index in [1.54, 1.807) is 11.0 Å². The minimum absolute atomic E-state index is 0.118. The number of hydrogen-bond donors (Lipinski definition) is 0. The van der Waals surface area contributed by atoms with E-state index in [2.05, 4.69) is 21.8 Å². The molecule has 0 radical (unpaired) electrons. The Balaban J connectivity index is 1.66. The number of thioether (sulfide) groups is 1. The molecule has 0 N–H and O–H groups in total. The third-order valence-electron chi connectivity index (χ3n) is 3.60. The topological polar surface area (TPSA) is 76.9 Å². The second kappa shape index (κ2) is 6.93. The van der Waals surface area contributed by atoms with Gasteiger partial charge < -0.3 is 9.47 Å². The summed E-state index contributed by atoms with van der Waals surface area (Å²) in [6, 6.07) is 5.57. The molecule has 0 aliphatic carbocycles. The fraction of sp³-hybridized carbons (Fsp3) is 0.176. The molecule has 2 aliphatic heterocycles. The summed E-state index contributed by atoms with van der Waals surface area (Å²) in [7, 11) is 0. The van der Waals surface area contributed by atoms with Gasteiger partial charge in [-0.15, -0.1) is 16.8 Å². The molecule has 0 spiro atoms. The van der Waals surface area contributed by atoms with Crippen LogP contribution in [0.3, 0.4) is 0 Å². The molecule has 9 heteroatoms. The van der Waals surface area contributed by atoms with Gasteiger partial charge in [-0.25, -0.2) is 0 Å². The van der Waals surface area contributed by atoms with Crippen molar-refractivity contribution in [3.05, 3.63) is 46.3 Å². The average Bonchev–Trinajstić information content (AvgIpc) is 3.31. The maximum Gasteiger partial charge on any atom is 0.267 e. The molecule has 0 saturated carbocycles. The Kier molecular flexibility index (Phi) is 4.48. The first kappa shape index (κ1) is 16.8. The highest BCUT2D eigenvalue weighted by molar-refractivity contribution is 8.18. The van der Waals surface area contributed by atoms with Crippen molar-refractivity contribution in [2.45, 2.75) is 6.92 Å². The van der Waals surface area contributed by atoms with Gasteiger partial charge in [0.15, 0.2) is 16.7 Å². The molecule has 1 saturated heterocycles. The lowest BCUT2D eigenvalue weighted by molar-refractivity contribution is -0.121. The van der Waals surface area contributed by atoms with Gasteiger partial charge in [0, 0.05) is 6.54 Å². The summed E-state index contributed by atoms with van der Waals surface area (Å²) >= 11 is 2.68. The molecule has 3 heterocycles. The quantitative estimate of drug-likeness (QED) is 0.592. The second-order valence-corrected chi connectivity index (χ2v) is 7.60. The van der Waals surface area contributed by atoms with Crippen LogP contribution in [0.15, 0.2) is 40.8 Å². The highest BCUT2D eigenvalue weighted by Crippen LogP contribution is 2.37. The number of aryl methyl sites for hydroxylation is 1. The predicted octanol–water partition coefficient (Wildman–Crippen LogP) is 3.37. The van der Waals surface area contributed by atoms with Crippen LogP contribution in [0.2, 0.25) is 0 Å². The van der Waals surface area contributed by atoms with Gasteiger partial charge in [-0.2, -0.15) is 4.99 Å². The van der Waals surface area contributed by atoms with E-state index in [9.17, 15) is 4.79 Å². The Bertz CT molecular complexity index is 951. The van der Waals surface area contributed by atoms with E-state index in [1.807, 2.05) is 31.2 Å². The summed E-state index contributed by atoms with van der Waals surface area (Å²) in [6.45, 7) is 6.17. The van der Waals surface area contributed by atoms with Gasteiger partial charge >= 0.3 is 0 Å². The summed E-state index contributed by atoms with van der Waals surface area (Å²) in [6.07, 6.45) is 3.49. The fourth-order valence-electron chi connectivity index (χ4n) is 2.45. The van der Waals surface area contributed by atoms with Gasteiger partial charge in [-0.3, -0.25) is 9.69 Å². The van der Waals surface area contributed by atoms with Gasteiger partial charge in [-0.05, 0) is 42.5 Å². The lowest BCUT2D eigenvalue weighted by Gasteiger charge is -2.11. The molecule has 26 heavy (non-hydrogen) atoms. The highest BCUT2D eigenvalue weighted by atomic mass is 32.2. The van der Waals surface area contributed by atoms with Gasteiger partial charge in [0.1, 0.15) is 5.01 Å². The van der Waals surface area contributed by atoms with Gasteiger partial charge in [-0.1, -0.05) is 23.5 Å². The number of aromatic nitrogens is 2. The van der Waals surface area contributed by atoms with E-state index in [0.717, 1.165) is 10.6 Å². The second-order valence-electron chi connectivity index (χ2n) is 5.43. The van der Waals surface area contributed by atoms with Crippen molar-refractivity contribution in [3.8, 4) is 11.5 Å². The monoisotopic (exact) mass is 386 g/mol. The molecular weight excluding hydrogens is 372 g/mol. The molecule has 2 aromatic rings. The van der Waals surface area contributed by atoms with Crippen LogP contribution in [-0.2, 0) is 4.79 Å². The van der Waals surface area contributed by atoms with E-state index < -0.39 is 0 Å². The summed E-state index contributed by atoms with van der Waals surface area (Å²) < 4.78 is 10.7.